The largest absolute Gasteiger partial charge is 0.252 e. The summed E-state index contributed by atoms with van der Waals surface area (Å²) in [6, 6.07) is 0.0222. The summed E-state index contributed by atoms with van der Waals surface area (Å²) >= 11 is 6.83. The molecule has 20 heavy (non-hydrogen) atoms. The van der Waals surface area contributed by atoms with Crippen molar-refractivity contribution in [2.75, 3.05) is 0 Å². The van der Waals surface area contributed by atoms with Crippen LogP contribution >= 0.6 is 22.9 Å². The predicted molar refractivity (Wildman–Crippen MR) is 82.8 cm³/mol. The van der Waals surface area contributed by atoms with Gasteiger partial charge in [-0.15, -0.1) is 0 Å². The van der Waals surface area contributed by atoms with Crippen LogP contribution in [-0.2, 0) is 10.0 Å². The number of hydrogen-bond acceptors (Lipinski definition) is 4. The average Bonchev–Trinajstić information content (AvgIpc) is 2.69. The zero-order valence-electron chi connectivity index (χ0n) is 12.0. The van der Waals surface area contributed by atoms with E-state index in [1.807, 2.05) is 0 Å². The number of aryl methyl sites for hydroxylation is 1. The third-order valence-electron chi connectivity index (χ3n) is 3.95. The number of halogens is 1. The molecule has 0 radical (unpaired) electrons. The monoisotopic (exact) mass is 336 g/mol. The van der Waals surface area contributed by atoms with E-state index >= 15 is 0 Å². The molecule has 4 nitrogen and oxygen atoms in total. The van der Waals surface area contributed by atoms with Crippen LogP contribution in [0.2, 0.25) is 4.47 Å². The molecule has 1 N–H and O–H groups in total. The Hall–Kier alpha value is -0.170. The molecular weight excluding hydrogens is 316 g/mol. The highest BCUT2D eigenvalue weighted by Gasteiger charge is 2.32. The molecule has 1 aromatic heterocycles. The lowest BCUT2D eigenvalue weighted by atomic mass is 9.78. The third-order valence-corrected chi connectivity index (χ3v) is 7.32. The van der Waals surface area contributed by atoms with Gasteiger partial charge >= 0.3 is 0 Å². The van der Waals surface area contributed by atoms with Crippen LogP contribution in [0, 0.1) is 18.8 Å². The molecule has 1 aliphatic rings. The van der Waals surface area contributed by atoms with Crippen molar-refractivity contribution in [3.63, 3.8) is 0 Å². The molecule has 2 atom stereocenters. The van der Waals surface area contributed by atoms with E-state index in [0.29, 0.717) is 17.5 Å². The molecule has 0 aliphatic heterocycles. The number of thiazole rings is 1. The first-order chi connectivity index (χ1) is 9.31. The minimum Gasteiger partial charge on any atom is -0.229 e. The van der Waals surface area contributed by atoms with Gasteiger partial charge < -0.3 is 0 Å². The molecule has 1 aromatic rings. The minimum atomic E-state index is -3.51. The van der Waals surface area contributed by atoms with Crippen LogP contribution in [0.1, 0.15) is 45.2 Å². The summed E-state index contributed by atoms with van der Waals surface area (Å²) in [7, 11) is -3.51. The lowest BCUT2D eigenvalue weighted by Crippen LogP contribution is -2.43. The highest BCUT2D eigenvalue weighted by Crippen LogP contribution is 2.33. The van der Waals surface area contributed by atoms with E-state index < -0.39 is 10.0 Å². The first kappa shape index (κ1) is 16.2. The van der Waals surface area contributed by atoms with Crippen molar-refractivity contribution in [2.24, 2.45) is 11.8 Å². The van der Waals surface area contributed by atoms with Gasteiger partial charge in [0.15, 0.2) is 8.68 Å². The summed E-state index contributed by atoms with van der Waals surface area (Å²) in [5.74, 6) is 0.886. The molecule has 7 heteroatoms. The number of nitrogens with one attached hydrogen (secondary N) is 1. The molecule has 2 rings (SSSR count). The van der Waals surface area contributed by atoms with Crippen LogP contribution in [0.25, 0.3) is 0 Å². The number of hydrogen-bond donors (Lipinski definition) is 1. The second kappa shape index (κ2) is 6.30. The van der Waals surface area contributed by atoms with Crippen molar-refractivity contribution in [3.05, 3.63) is 10.2 Å². The summed E-state index contributed by atoms with van der Waals surface area (Å²) in [4.78, 5) is 3.99. The maximum atomic E-state index is 12.5. The van der Waals surface area contributed by atoms with Crippen LogP contribution in [0.5, 0.6) is 0 Å². The van der Waals surface area contributed by atoms with E-state index in [1.54, 1.807) is 6.92 Å². The summed E-state index contributed by atoms with van der Waals surface area (Å²) in [6.07, 6.45) is 4.27. The zero-order chi connectivity index (χ0) is 14.9. The van der Waals surface area contributed by atoms with Crippen LogP contribution < -0.4 is 4.72 Å². The Morgan fingerprint density at radius 2 is 2.00 bits per heavy atom. The Morgan fingerprint density at radius 1 is 1.35 bits per heavy atom. The zero-order valence-corrected chi connectivity index (χ0v) is 14.4. The first-order valence-corrected chi connectivity index (χ1v) is 9.64. The summed E-state index contributed by atoms with van der Waals surface area (Å²) in [5, 5.41) is 0. The van der Waals surface area contributed by atoms with E-state index in [0.717, 1.165) is 30.6 Å². The Labute approximate surface area is 130 Å². The van der Waals surface area contributed by atoms with E-state index in [1.165, 1.54) is 6.42 Å². The van der Waals surface area contributed by atoms with E-state index in [2.05, 4.69) is 23.6 Å². The minimum absolute atomic E-state index is 0.0222. The number of sulfonamides is 1. The van der Waals surface area contributed by atoms with Gasteiger partial charge in [-0.05, 0) is 31.6 Å². The third kappa shape index (κ3) is 3.53. The van der Waals surface area contributed by atoms with Crippen molar-refractivity contribution < 1.29 is 8.42 Å². The van der Waals surface area contributed by atoms with Gasteiger partial charge in [-0.25, -0.2) is 18.1 Å². The molecule has 0 aromatic carbocycles. The standard InChI is InChI=1S/C13H21ClN2O2S2/c1-8(2)10-6-4-5-7-11(10)16-20(17,18)12-9(3)15-13(14)19-12/h8,10-11,16H,4-7H2,1-3H3. The fraction of sp³-hybridized carbons (Fsp3) is 0.769. The van der Waals surface area contributed by atoms with Gasteiger partial charge in [-0.3, -0.25) is 0 Å². The molecule has 1 saturated carbocycles. The van der Waals surface area contributed by atoms with Gasteiger partial charge in [0.2, 0.25) is 0 Å². The van der Waals surface area contributed by atoms with E-state index in [4.69, 9.17) is 11.6 Å². The van der Waals surface area contributed by atoms with E-state index in [-0.39, 0.29) is 14.7 Å². The summed E-state index contributed by atoms with van der Waals surface area (Å²) < 4.78 is 28.4. The Bertz CT molecular complexity index is 569. The van der Waals surface area contributed by atoms with Crippen molar-refractivity contribution in [2.45, 2.75) is 56.7 Å². The maximum absolute atomic E-state index is 12.5. The molecule has 1 heterocycles. The Balaban J connectivity index is 2.21. The fourth-order valence-electron chi connectivity index (χ4n) is 2.96. The maximum Gasteiger partial charge on any atom is 0.252 e. The van der Waals surface area contributed by atoms with Crippen LogP contribution in [0.3, 0.4) is 0 Å². The fourth-order valence-corrected chi connectivity index (χ4v) is 6.03. The SMILES string of the molecule is Cc1nc(Cl)sc1S(=O)(=O)NC1CCCCC1C(C)C. The van der Waals surface area contributed by atoms with Crippen LogP contribution in [-0.4, -0.2) is 19.4 Å². The molecule has 2 unspecified atom stereocenters. The lowest BCUT2D eigenvalue weighted by molar-refractivity contribution is 0.226. The van der Waals surface area contributed by atoms with Gasteiger partial charge in [0.05, 0.1) is 5.69 Å². The normalized spacial score (nSPS) is 24.2. The highest BCUT2D eigenvalue weighted by atomic mass is 35.5. The molecular formula is C13H21ClN2O2S2. The molecule has 0 saturated heterocycles. The Kier molecular flexibility index (Phi) is 5.10. The molecule has 1 aliphatic carbocycles. The number of aromatic nitrogens is 1. The topological polar surface area (TPSA) is 59.1 Å². The van der Waals surface area contributed by atoms with Crippen molar-refractivity contribution >= 4 is 33.0 Å². The smallest absolute Gasteiger partial charge is 0.229 e. The van der Waals surface area contributed by atoms with Gasteiger partial charge in [0.1, 0.15) is 0 Å². The first-order valence-electron chi connectivity index (χ1n) is 6.96. The molecule has 1 fully saturated rings. The van der Waals surface area contributed by atoms with Gasteiger partial charge in [0, 0.05) is 6.04 Å². The second-order valence-electron chi connectivity index (χ2n) is 5.76. The number of nitrogens with zero attached hydrogens (tertiary/aromatic N) is 1. The molecule has 0 amide bonds. The molecule has 0 bridgehead atoms. The quantitative estimate of drug-likeness (QED) is 0.913. The van der Waals surface area contributed by atoms with Crippen molar-refractivity contribution in [1.29, 1.82) is 0 Å². The van der Waals surface area contributed by atoms with Crippen molar-refractivity contribution in [1.82, 2.24) is 9.71 Å². The molecule has 114 valence electrons. The van der Waals surface area contributed by atoms with Gasteiger partial charge in [0.25, 0.3) is 10.0 Å². The van der Waals surface area contributed by atoms with Crippen LogP contribution in [0.15, 0.2) is 4.21 Å². The predicted octanol–water partition coefficient (Wildman–Crippen LogP) is 3.60. The Morgan fingerprint density at radius 3 is 2.55 bits per heavy atom. The lowest BCUT2D eigenvalue weighted by Gasteiger charge is -2.34. The van der Waals surface area contributed by atoms with Crippen molar-refractivity contribution in [3.8, 4) is 0 Å². The summed E-state index contributed by atoms with van der Waals surface area (Å²) in [6.45, 7) is 6.00. The average molecular weight is 337 g/mol. The van der Waals surface area contributed by atoms with Gasteiger partial charge in [-0.1, -0.05) is 49.6 Å². The van der Waals surface area contributed by atoms with Gasteiger partial charge in [-0.2, -0.15) is 0 Å². The molecule has 0 spiro atoms. The highest BCUT2D eigenvalue weighted by molar-refractivity contribution is 7.91. The van der Waals surface area contributed by atoms with Crippen LogP contribution in [0.4, 0.5) is 0 Å². The van der Waals surface area contributed by atoms with E-state index in [9.17, 15) is 8.42 Å². The number of rotatable bonds is 4. The second-order valence-corrected chi connectivity index (χ2v) is 9.25. The summed E-state index contributed by atoms with van der Waals surface area (Å²) in [5.41, 5.74) is 0.476.